The zero-order valence-electron chi connectivity index (χ0n) is 13.6. The molecule has 1 amide bonds. The summed E-state index contributed by atoms with van der Waals surface area (Å²) >= 11 is 0. The highest BCUT2D eigenvalue weighted by molar-refractivity contribution is 5.86. The van der Waals surface area contributed by atoms with E-state index in [1.54, 1.807) is 20.8 Å². The van der Waals surface area contributed by atoms with Crippen molar-refractivity contribution in [3.8, 4) is 0 Å². The molecular formula is C14H22N4O4. The minimum absolute atomic E-state index is 0.125. The first kappa shape index (κ1) is 17.8. The van der Waals surface area contributed by atoms with Crippen molar-refractivity contribution in [1.29, 1.82) is 0 Å². The van der Waals surface area contributed by atoms with Gasteiger partial charge in [0.15, 0.2) is 0 Å². The maximum atomic E-state index is 12.3. The number of hydrogen-bond donors (Lipinski definition) is 0. The Morgan fingerprint density at radius 1 is 1.32 bits per heavy atom. The number of carbonyl (C=O) groups is 1. The van der Waals surface area contributed by atoms with Gasteiger partial charge in [-0.15, -0.1) is 0 Å². The molecule has 122 valence electrons. The molecule has 0 aliphatic rings. The Hall–Kier alpha value is -2.22. The van der Waals surface area contributed by atoms with Crippen molar-refractivity contribution in [3.05, 3.63) is 28.4 Å². The molecule has 1 aromatic heterocycles. The number of anilines is 1. The zero-order chi connectivity index (χ0) is 16.9. The smallest absolute Gasteiger partial charge is 0.416 e. The molecule has 1 aromatic rings. The molecule has 1 rings (SSSR count). The predicted octanol–water partition coefficient (Wildman–Crippen LogP) is 2.29. The number of likely N-dealkylation sites (N-methyl/N-ethyl adjacent to an activating group) is 1. The maximum Gasteiger partial charge on any atom is 0.416 e. The number of ether oxygens (including phenoxy) is 1. The Bertz CT molecular complexity index is 523. The van der Waals surface area contributed by atoms with E-state index in [0.717, 1.165) is 6.20 Å². The van der Waals surface area contributed by atoms with Gasteiger partial charge in [-0.25, -0.2) is 9.78 Å². The number of carbonyl (C=O) groups excluding carboxylic acids is 1. The van der Waals surface area contributed by atoms with Crippen molar-refractivity contribution in [2.24, 2.45) is 0 Å². The van der Waals surface area contributed by atoms with Crippen LogP contribution >= 0.6 is 0 Å². The van der Waals surface area contributed by atoms with Gasteiger partial charge in [0, 0.05) is 19.2 Å². The fraction of sp³-hybridized carbons (Fsp3) is 0.571. The first-order valence-corrected chi connectivity index (χ1v) is 6.86. The molecule has 8 nitrogen and oxygen atoms in total. The first-order valence-electron chi connectivity index (χ1n) is 6.86. The van der Waals surface area contributed by atoms with Crippen molar-refractivity contribution in [2.45, 2.75) is 26.4 Å². The highest BCUT2D eigenvalue weighted by Gasteiger charge is 2.24. The van der Waals surface area contributed by atoms with Crippen molar-refractivity contribution in [1.82, 2.24) is 9.88 Å². The van der Waals surface area contributed by atoms with Gasteiger partial charge in [-0.2, -0.15) is 0 Å². The standard InChI is InChI=1S/C14H22N4O4/c1-14(2,3)22-13(19)17(9-8-16(4)5)12-7-6-11(10-15-12)18(20)21/h6-7,10H,8-9H2,1-5H3. The number of pyridine rings is 1. The van der Waals surface area contributed by atoms with E-state index in [2.05, 4.69) is 4.98 Å². The van der Waals surface area contributed by atoms with Crippen LogP contribution in [0.25, 0.3) is 0 Å². The van der Waals surface area contributed by atoms with Gasteiger partial charge in [-0.1, -0.05) is 0 Å². The van der Waals surface area contributed by atoms with Crippen LogP contribution in [0.4, 0.5) is 16.3 Å². The Morgan fingerprint density at radius 3 is 2.36 bits per heavy atom. The first-order chi connectivity index (χ1) is 10.1. The minimum Gasteiger partial charge on any atom is -0.443 e. The number of hydrogen-bond acceptors (Lipinski definition) is 6. The van der Waals surface area contributed by atoms with E-state index in [0.29, 0.717) is 18.9 Å². The lowest BCUT2D eigenvalue weighted by Gasteiger charge is -2.27. The fourth-order valence-corrected chi connectivity index (χ4v) is 1.56. The van der Waals surface area contributed by atoms with Crippen LogP contribution < -0.4 is 4.90 Å². The normalized spacial score (nSPS) is 11.4. The summed E-state index contributed by atoms with van der Waals surface area (Å²) in [5.41, 5.74) is -0.755. The van der Waals surface area contributed by atoms with Gasteiger partial charge in [0.2, 0.25) is 0 Å². The summed E-state index contributed by atoms with van der Waals surface area (Å²) < 4.78 is 5.36. The van der Waals surface area contributed by atoms with Crippen molar-refractivity contribution < 1.29 is 14.5 Å². The number of nitrogens with zero attached hydrogens (tertiary/aromatic N) is 4. The van der Waals surface area contributed by atoms with Gasteiger partial charge in [-0.05, 0) is 40.9 Å². The van der Waals surface area contributed by atoms with Crippen LogP contribution in [0.5, 0.6) is 0 Å². The third-order valence-corrected chi connectivity index (χ3v) is 2.60. The molecule has 0 bridgehead atoms. The van der Waals surface area contributed by atoms with Gasteiger partial charge >= 0.3 is 6.09 Å². The Labute approximate surface area is 129 Å². The van der Waals surface area contributed by atoms with Gasteiger partial charge in [0.05, 0.1) is 4.92 Å². The lowest BCUT2D eigenvalue weighted by molar-refractivity contribution is -0.385. The molecule has 0 aliphatic heterocycles. The van der Waals surface area contributed by atoms with E-state index in [1.807, 2.05) is 19.0 Å². The monoisotopic (exact) mass is 310 g/mol. The molecule has 0 N–H and O–H groups in total. The Balaban J connectivity index is 2.98. The summed E-state index contributed by atoms with van der Waals surface area (Å²) in [4.78, 5) is 29.7. The van der Waals surface area contributed by atoms with E-state index in [1.165, 1.54) is 17.0 Å². The average Bonchev–Trinajstić information content (AvgIpc) is 2.37. The number of nitro groups is 1. The lowest BCUT2D eigenvalue weighted by atomic mass is 10.2. The number of aromatic nitrogens is 1. The van der Waals surface area contributed by atoms with E-state index < -0.39 is 16.6 Å². The molecule has 0 unspecified atom stereocenters. The third kappa shape index (κ3) is 5.65. The molecule has 0 saturated heterocycles. The molecule has 0 radical (unpaired) electrons. The lowest BCUT2D eigenvalue weighted by Crippen LogP contribution is -2.40. The second-order valence-electron chi connectivity index (χ2n) is 6.07. The van der Waals surface area contributed by atoms with Gasteiger partial charge < -0.3 is 9.64 Å². The van der Waals surface area contributed by atoms with Gasteiger partial charge in [-0.3, -0.25) is 15.0 Å². The summed E-state index contributed by atoms with van der Waals surface area (Å²) in [5, 5.41) is 10.7. The highest BCUT2D eigenvalue weighted by atomic mass is 16.6. The molecule has 8 heteroatoms. The largest absolute Gasteiger partial charge is 0.443 e. The van der Waals surface area contributed by atoms with Crippen molar-refractivity contribution in [2.75, 3.05) is 32.1 Å². The van der Waals surface area contributed by atoms with Crippen LogP contribution in [0.15, 0.2) is 18.3 Å². The van der Waals surface area contributed by atoms with Crippen LogP contribution in [0.2, 0.25) is 0 Å². The summed E-state index contributed by atoms with van der Waals surface area (Å²) in [6, 6.07) is 2.76. The van der Waals surface area contributed by atoms with Gasteiger partial charge in [0.1, 0.15) is 17.6 Å². The van der Waals surface area contributed by atoms with Crippen molar-refractivity contribution in [3.63, 3.8) is 0 Å². The second-order valence-corrected chi connectivity index (χ2v) is 6.07. The quantitative estimate of drug-likeness (QED) is 0.612. The van der Waals surface area contributed by atoms with Crippen LogP contribution in [0, 0.1) is 10.1 Å². The molecule has 0 aromatic carbocycles. The average molecular weight is 310 g/mol. The Kier molecular flexibility index (Phi) is 5.81. The molecular weight excluding hydrogens is 288 g/mol. The van der Waals surface area contributed by atoms with Crippen LogP contribution in [-0.4, -0.2) is 53.7 Å². The SMILES string of the molecule is CN(C)CCN(C(=O)OC(C)(C)C)c1ccc([N+](=O)[O-])cn1. The summed E-state index contributed by atoms with van der Waals surface area (Å²) in [6.07, 6.45) is 0.596. The van der Waals surface area contributed by atoms with Gasteiger partial charge in [0.25, 0.3) is 5.69 Å². The molecule has 0 saturated carbocycles. The van der Waals surface area contributed by atoms with Crippen LogP contribution in [0.3, 0.4) is 0 Å². The summed E-state index contributed by atoms with van der Waals surface area (Å²) in [7, 11) is 3.77. The molecule has 0 spiro atoms. The molecule has 0 aliphatic carbocycles. The summed E-state index contributed by atoms with van der Waals surface area (Å²) in [5.74, 6) is 0.321. The molecule has 0 fully saturated rings. The fourth-order valence-electron chi connectivity index (χ4n) is 1.56. The third-order valence-electron chi connectivity index (χ3n) is 2.60. The molecule has 0 atom stereocenters. The number of amides is 1. The van der Waals surface area contributed by atoms with E-state index in [9.17, 15) is 14.9 Å². The maximum absolute atomic E-state index is 12.3. The van der Waals surface area contributed by atoms with Crippen molar-refractivity contribution >= 4 is 17.6 Å². The molecule has 22 heavy (non-hydrogen) atoms. The zero-order valence-corrected chi connectivity index (χ0v) is 13.6. The molecule has 1 heterocycles. The topological polar surface area (TPSA) is 88.8 Å². The predicted molar refractivity (Wildman–Crippen MR) is 83.0 cm³/mol. The van der Waals surface area contributed by atoms with E-state index in [-0.39, 0.29) is 5.69 Å². The minimum atomic E-state index is -0.631. The summed E-state index contributed by atoms with van der Waals surface area (Å²) in [6.45, 7) is 6.31. The van der Waals surface area contributed by atoms with E-state index >= 15 is 0 Å². The van der Waals surface area contributed by atoms with E-state index in [4.69, 9.17) is 4.74 Å². The second kappa shape index (κ2) is 7.17. The van der Waals surface area contributed by atoms with Crippen LogP contribution in [-0.2, 0) is 4.74 Å². The number of rotatable bonds is 5. The highest BCUT2D eigenvalue weighted by Crippen LogP contribution is 2.18. The van der Waals surface area contributed by atoms with Crippen LogP contribution in [0.1, 0.15) is 20.8 Å². The Morgan fingerprint density at radius 2 is 1.95 bits per heavy atom.